The van der Waals surface area contributed by atoms with Crippen LogP contribution < -0.4 is 5.32 Å². The molecular weight excluding hydrogens is 340 g/mol. The van der Waals surface area contributed by atoms with E-state index in [1.165, 1.54) is 0 Å². The highest BCUT2D eigenvalue weighted by atomic mass is 16.5. The van der Waals surface area contributed by atoms with Crippen LogP contribution >= 0.6 is 0 Å². The summed E-state index contributed by atoms with van der Waals surface area (Å²) < 4.78 is 5.39. The van der Waals surface area contributed by atoms with Crippen LogP contribution in [0.3, 0.4) is 0 Å². The highest BCUT2D eigenvalue weighted by Gasteiger charge is 2.63. The van der Waals surface area contributed by atoms with Crippen molar-refractivity contribution in [1.82, 2.24) is 5.32 Å². The van der Waals surface area contributed by atoms with Gasteiger partial charge in [-0.3, -0.25) is 0 Å². The molecule has 1 aliphatic heterocycles. The third-order valence-electron chi connectivity index (χ3n) is 5.45. The molecule has 9 N–H and O–H groups in total. The summed E-state index contributed by atoms with van der Waals surface area (Å²) in [4.78, 5) is 4.03. The van der Waals surface area contributed by atoms with Crippen LogP contribution in [0.1, 0.15) is 6.42 Å². The first-order valence-electron chi connectivity index (χ1n) is 8.10. The largest absolute Gasteiger partial charge is 0.457 e. The van der Waals surface area contributed by atoms with Gasteiger partial charge in [0, 0.05) is 12.5 Å². The summed E-state index contributed by atoms with van der Waals surface area (Å²) in [6.45, 7) is -1.23. The van der Waals surface area contributed by atoms with Gasteiger partial charge < -0.3 is 50.9 Å². The Balaban J connectivity index is 1.74. The van der Waals surface area contributed by atoms with E-state index in [1.54, 1.807) is 0 Å². The Bertz CT molecular complexity index is 532. The molecule has 0 saturated heterocycles. The van der Waals surface area contributed by atoms with Gasteiger partial charge in [0.15, 0.2) is 6.10 Å². The van der Waals surface area contributed by atoms with E-state index >= 15 is 0 Å². The maximum atomic E-state index is 10.3. The number of amidine groups is 1. The van der Waals surface area contributed by atoms with Crippen LogP contribution in [0.2, 0.25) is 0 Å². The Labute approximate surface area is 142 Å². The molecule has 0 aromatic heterocycles. The van der Waals surface area contributed by atoms with Crippen molar-refractivity contribution in [3.8, 4) is 0 Å². The summed E-state index contributed by atoms with van der Waals surface area (Å²) in [5.41, 5.74) is -2.07. The number of aliphatic imine (C=N–C) groups is 1. The fourth-order valence-corrected chi connectivity index (χ4v) is 3.79. The SMILES string of the molecule is OC[C@H]1C[C@H](NC2=NC3C(O2)[C@@H](O)[C@H](O)[C@]3(O)CO)[C@@H](O)[C@@H](O)[C@@H]1O. The van der Waals surface area contributed by atoms with Gasteiger partial charge in [-0.15, -0.1) is 0 Å². The van der Waals surface area contributed by atoms with Crippen molar-refractivity contribution < 1.29 is 45.6 Å². The molecule has 11 nitrogen and oxygen atoms in total. The van der Waals surface area contributed by atoms with Crippen LogP contribution in [0.4, 0.5) is 0 Å². The molecule has 2 unspecified atom stereocenters. The van der Waals surface area contributed by atoms with Crippen LogP contribution in [0.25, 0.3) is 0 Å². The topological polar surface area (TPSA) is 195 Å². The van der Waals surface area contributed by atoms with Gasteiger partial charge in [-0.25, -0.2) is 4.99 Å². The zero-order valence-electron chi connectivity index (χ0n) is 13.3. The maximum absolute atomic E-state index is 10.3. The van der Waals surface area contributed by atoms with E-state index in [9.17, 15) is 40.9 Å². The molecule has 0 bridgehead atoms. The van der Waals surface area contributed by atoms with E-state index in [-0.39, 0.29) is 12.4 Å². The molecule has 3 rings (SSSR count). The van der Waals surface area contributed by atoms with Crippen molar-refractivity contribution in [2.75, 3.05) is 13.2 Å². The Morgan fingerprint density at radius 1 is 1.04 bits per heavy atom. The number of aliphatic hydroxyl groups excluding tert-OH is 7. The third-order valence-corrected chi connectivity index (χ3v) is 5.45. The fourth-order valence-electron chi connectivity index (χ4n) is 3.79. The van der Waals surface area contributed by atoms with Crippen LogP contribution in [0.15, 0.2) is 4.99 Å². The lowest BCUT2D eigenvalue weighted by Crippen LogP contribution is -2.60. The average molecular weight is 364 g/mol. The van der Waals surface area contributed by atoms with Gasteiger partial charge in [0.1, 0.15) is 36.1 Å². The molecule has 11 heteroatoms. The standard InChI is InChI=1S/C14H24N2O9/c17-2-4-1-5(7(20)8(21)6(4)19)15-13-16-11-10(25-13)9(22)12(23)14(11,24)3-18/h4-12,17-24H,1-3H2,(H,15,16)/t4-,5+,6-,7-,8+,9-,10?,11?,12+,14+/m1/s1. The van der Waals surface area contributed by atoms with Gasteiger partial charge >= 0.3 is 0 Å². The predicted octanol–water partition coefficient (Wildman–Crippen LogP) is -5.38. The minimum absolute atomic E-state index is 0.114. The van der Waals surface area contributed by atoms with Crippen LogP contribution in [0, 0.1) is 5.92 Å². The molecule has 10 atom stereocenters. The van der Waals surface area contributed by atoms with E-state index < -0.39 is 73.4 Å². The second kappa shape index (κ2) is 6.59. The van der Waals surface area contributed by atoms with Crippen molar-refractivity contribution in [3.63, 3.8) is 0 Å². The van der Waals surface area contributed by atoms with Gasteiger partial charge in [-0.1, -0.05) is 0 Å². The Kier molecular flexibility index (Phi) is 4.94. The molecule has 0 aromatic carbocycles. The lowest BCUT2D eigenvalue weighted by Gasteiger charge is -2.40. The Hall–Kier alpha value is -1.05. The summed E-state index contributed by atoms with van der Waals surface area (Å²) in [5.74, 6) is -0.667. The van der Waals surface area contributed by atoms with E-state index in [2.05, 4.69) is 10.3 Å². The van der Waals surface area contributed by atoms with Crippen molar-refractivity contribution in [1.29, 1.82) is 0 Å². The minimum Gasteiger partial charge on any atom is -0.457 e. The number of fused-ring (bicyclic) bond motifs is 1. The molecule has 144 valence electrons. The lowest BCUT2D eigenvalue weighted by molar-refractivity contribution is -0.129. The molecule has 2 saturated carbocycles. The first-order chi connectivity index (χ1) is 11.7. The summed E-state index contributed by atoms with van der Waals surface area (Å²) in [7, 11) is 0. The van der Waals surface area contributed by atoms with E-state index in [0.717, 1.165) is 0 Å². The molecule has 0 aromatic rings. The number of ether oxygens (including phenoxy) is 1. The van der Waals surface area contributed by atoms with E-state index in [0.29, 0.717) is 0 Å². The van der Waals surface area contributed by atoms with Gasteiger partial charge in [0.25, 0.3) is 6.02 Å². The van der Waals surface area contributed by atoms with Gasteiger partial charge in [0.05, 0.1) is 18.8 Å². The molecule has 1 heterocycles. The molecule has 2 fully saturated rings. The number of hydrogen-bond donors (Lipinski definition) is 9. The van der Waals surface area contributed by atoms with Gasteiger partial charge in [-0.05, 0) is 6.42 Å². The smallest absolute Gasteiger partial charge is 0.285 e. The molecular formula is C14H24N2O9. The quantitative estimate of drug-likeness (QED) is 0.233. The number of nitrogens with one attached hydrogen (secondary N) is 1. The minimum atomic E-state index is -2.07. The zero-order chi connectivity index (χ0) is 18.5. The highest BCUT2D eigenvalue weighted by molar-refractivity contribution is 5.76. The number of rotatable bonds is 3. The zero-order valence-corrected chi connectivity index (χ0v) is 13.3. The van der Waals surface area contributed by atoms with Crippen molar-refractivity contribution in [2.45, 2.75) is 60.7 Å². The Morgan fingerprint density at radius 3 is 2.32 bits per heavy atom. The van der Waals surface area contributed by atoms with Crippen molar-refractivity contribution in [2.24, 2.45) is 10.9 Å². The number of hydrogen-bond acceptors (Lipinski definition) is 11. The second-order valence-corrected chi connectivity index (χ2v) is 6.95. The number of aliphatic hydroxyl groups is 8. The first kappa shape index (κ1) is 18.7. The summed E-state index contributed by atoms with van der Waals surface area (Å²) >= 11 is 0. The van der Waals surface area contributed by atoms with Gasteiger partial charge in [-0.2, -0.15) is 0 Å². The van der Waals surface area contributed by atoms with Crippen LogP contribution in [-0.4, -0.2) is 114 Å². The molecule has 0 amide bonds. The monoisotopic (exact) mass is 364 g/mol. The lowest BCUT2D eigenvalue weighted by atomic mass is 9.80. The summed E-state index contributed by atoms with van der Waals surface area (Å²) in [5, 5.41) is 81.2. The highest BCUT2D eigenvalue weighted by Crippen LogP contribution is 2.38. The second-order valence-electron chi connectivity index (χ2n) is 6.95. The first-order valence-corrected chi connectivity index (χ1v) is 8.10. The summed E-state index contributed by atoms with van der Waals surface area (Å²) in [6.07, 6.45) is -8.19. The van der Waals surface area contributed by atoms with Gasteiger partial charge in [0.2, 0.25) is 0 Å². The molecule has 0 radical (unpaired) electrons. The van der Waals surface area contributed by atoms with E-state index in [4.69, 9.17) is 4.74 Å². The molecule has 25 heavy (non-hydrogen) atoms. The summed E-state index contributed by atoms with van der Waals surface area (Å²) in [6, 6.07) is -2.07. The van der Waals surface area contributed by atoms with Crippen molar-refractivity contribution >= 4 is 6.02 Å². The molecule has 3 aliphatic rings. The van der Waals surface area contributed by atoms with Crippen LogP contribution in [0.5, 0.6) is 0 Å². The Morgan fingerprint density at radius 2 is 1.72 bits per heavy atom. The normalized spacial score (nSPS) is 52.5. The predicted molar refractivity (Wildman–Crippen MR) is 80.3 cm³/mol. The van der Waals surface area contributed by atoms with Crippen molar-refractivity contribution in [3.05, 3.63) is 0 Å². The third kappa shape index (κ3) is 2.80. The maximum Gasteiger partial charge on any atom is 0.285 e. The number of nitrogens with zero attached hydrogens (tertiary/aromatic N) is 1. The van der Waals surface area contributed by atoms with E-state index in [1.807, 2.05) is 0 Å². The molecule has 0 spiro atoms. The molecule has 2 aliphatic carbocycles. The van der Waals surface area contributed by atoms with Crippen LogP contribution in [-0.2, 0) is 4.74 Å². The fraction of sp³-hybridized carbons (Fsp3) is 0.929. The average Bonchev–Trinajstić information content (AvgIpc) is 3.10.